The van der Waals surface area contributed by atoms with E-state index in [1.54, 1.807) is 21.3 Å². The van der Waals surface area contributed by atoms with Crippen molar-refractivity contribution in [3.05, 3.63) is 76.8 Å². The van der Waals surface area contributed by atoms with Gasteiger partial charge >= 0.3 is 5.69 Å². The molecule has 0 saturated heterocycles. The van der Waals surface area contributed by atoms with Crippen molar-refractivity contribution in [1.29, 1.82) is 0 Å². The number of para-hydroxylation sites is 2. The fourth-order valence-corrected chi connectivity index (χ4v) is 3.07. The Labute approximate surface area is 143 Å². The Balaban J connectivity index is 1.86. The first-order valence-electron chi connectivity index (χ1n) is 7.81. The molecule has 6 heteroatoms. The van der Waals surface area contributed by atoms with Gasteiger partial charge < -0.3 is 4.98 Å². The zero-order chi connectivity index (χ0) is 17.6. The molecule has 0 aliphatic heterocycles. The number of aromatic amines is 1. The molecular formula is C19H15N5O. The normalized spacial score (nSPS) is 11.0. The van der Waals surface area contributed by atoms with E-state index in [2.05, 4.69) is 21.4 Å². The number of nitrogens with one attached hydrogen (secondary N) is 1. The maximum Gasteiger partial charge on any atom is 0.333 e. The van der Waals surface area contributed by atoms with Crippen LogP contribution in [0.2, 0.25) is 0 Å². The number of imidazole rings is 2. The van der Waals surface area contributed by atoms with E-state index >= 15 is 0 Å². The Morgan fingerprint density at radius 2 is 2.04 bits per heavy atom. The van der Waals surface area contributed by atoms with Crippen LogP contribution in [0.5, 0.6) is 0 Å². The van der Waals surface area contributed by atoms with Crippen LogP contribution in [0.4, 0.5) is 5.69 Å². The van der Waals surface area contributed by atoms with E-state index < -0.39 is 0 Å². The van der Waals surface area contributed by atoms with Crippen molar-refractivity contribution in [2.45, 2.75) is 13.5 Å². The Bertz CT molecular complexity index is 1230. The number of H-pyrrole nitrogens is 1. The van der Waals surface area contributed by atoms with E-state index in [0.29, 0.717) is 23.8 Å². The van der Waals surface area contributed by atoms with Gasteiger partial charge in [-0.2, -0.15) is 0 Å². The first-order valence-corrected chi connectivity index (χ1v) is 7.81. The van der Waals surface area contributed by atoms with Gasteiger partial charge in [0.1, 0.15) is 5.82 Å². The minimum atomic E-state index is -0.143. The largest absolute Gasteiger partial charge is 0.341 e. The number of rotatable bonds is 3. The van der Waals surface area contributed by atoms with Crippen molar-refractivity contribution in [3.8, 4) is 0 Å². The lowest BCUT2D eigenvalue weighted by Crippen LogP contribution is -2.24. The molecule has 25 heavy (non-hydrogen) atoms. The highest BCUT2D eigenvalue weighted by Crippen LogP contribution is 2.21. The molecule has 0 aliphatic rings. The quantitative estimate of drug-likeness (QED) is 0.582. The van der Waals surface area contributed by atoms with Gasteiger partial charge in [-0.3, -0.25) is 9.13 Å². The number of allylic oxidation sites excluding steroid dienone is 1. The topological polar surface area (TPSA) is 60.0 Å². The van der Waals surface area contributed by atoms with Crippen molar-refractivity contribution in [3.63, 3.8) is 0 Å². The molecule has 0 radical (unpaired) electrons. The third-order valence-electron chi connectivity index (χ3n) is 4.17. The zero-order valence-corrected chi connectivity index (χ0v) is 13.7. The summed E-state index contributed by atoms with van der Waals surface area (Å²) in [6.07, 6.45) is 0. The standard InChI is InChI=1S/C19H15N5O/c1-12(2)24-17-7-5-4-6-16(17)23(19(24)25)11-18-21-14-9-8-13(20-3)10-15(14)22-18/h4-10H,1,11H2,2H3,(H,21,22). The second kappa shape index (κ2) is 5.49. The summed E-state index contributed by atoms with van der Waals surface area (Å²) in [5.74, 6) is 0.670. The third-order valence-corrected chi connectivity index (χ3v) is 4.17. The van der Waals surface area contributed by atoms with Gasteiger partial charge in [-0.05, 0) is 31.2 Å². The van der Waals surface area contributed by atoms with E-state index in [4.69, 9.17) is 6.57 Å². The zero-order valence-electron chi connectivity index (χ0n) is 13.7. The first-order chi connectivity index (χ1) is 12.1. The molecular weight excluding hydrogens is 314 g/mol. The van der Waals surface area contributed by atoms with Crippen molar-refractivity contribution in [2.24, 2.45) is 0 Å². The van der Waals surface area contributed by atoms with Gasteiger partial charge in [0.2, 0.25) is 0 Å². The van der Waals surface area contributed by atoms with E-state index in [1.807, 2.05) is 37.3 Å². The lowest BCUT2D eigenvalue weighted by Gasteiger charge is -2.00. The molecule has 2 aromatic heterocycles. The SMILES string of the molecule is [C-]#[N+]c1ccc2nc(Cn3c(=O)n(C(=C)C)c4ccccc43)[nH]c2c1. The Morgan fingerprint density at radius 1 is 1.28 bits per heavy atom. The first kappa shape index (κ1) is 15.0. The van der Waals surface area contributed by atoms with Crippen LogP contribution < -0.4 is 5.69 Å². The maximum absolute atomic E-state index is 12.8. The van der Waals surface area contributed by atoms with Crippen LogP contribution in [0.15, 0.2) is 53.8 Å². The minimum absolute atomic E-state index is 0.143. The van der Waals surface area contributed by atoms with Crippen LogP contribution in [-0.4, -0.2) is 19.1 Å². The molecule has 0 amide bonds. The van der Waals surface area contributed by atoms with Crippen LogP contribution in [0, 0.1) is 6.57 Å². The lowest BCUT2D eigenvalue weighted by atomic mass is 10.3. The molecule has 1 N–H and O–H groups in total. The van der Waals surface area contributed by atoms with Gasteiger partial charge in [-0.1, -0.05) is 24.8 Å². The van der Waals surface area contributed by atoms with E-state index in [1.165, 1.54) is 0 Å². The Hall–Kier alpha value is -3.59. The fourth-order valence-electron chi connectivity index (χ4n) is 3.07. The van der Waals surface area contributed by atoms with Gasteiger partial charge in [0.25, 0.3) is 0 Å². The predicted octanol–water partition coefficient (Wildman–Crippen LogP) is 3.77. The second-order valence-electron chi connectivity index (χ2n) is 5.92. The highest BCUT2D eigenvalue weighted by molar-refractivity contribution is 5.81. The van der Waals surface area contributed by atoms with Crippen molar-refractivity contribution in [2.75, 3.05) is 0 Å². The highest BCUT2D eigenvalue weighted by Gasteiger charge is 2.15. The molecule has 0 unspecified atom stereocenters. The summed E-state index contributed by atoms with van der Waals surface area (Å²) in [5, 5.41) is 0. The van der Waals surface area contributed by atoms with Gasteiger partial charge in [0, 0.05) is 5.70 Å². The second-order valence-corrected chi connectivity index (χ2v) is 5.92. The lowest BCUT2D eigenvalue weighted by molar-refractivity contribution is 0.735. The van der Waals surface area contributed by atoms with Crippen LogP contribution in [0.3, 0.4) is 0 Å². The average Bonchev–Trinajstić information content (AvgIpc) is 3.13. The van der Waals surface area contributed by atoms with Gasteiger partial charge in [0.05, 0.1) is 35.2 Å². The molecule has 122 valence electrons. The maximum atomic E-state index is 12.8. The summed E-state index contributed by atoms with van der Waals surface area (Å²) in [5.41, 5.74) is 4.31. The number of benzene rings is 2. The molecule has 6 nitrogen and oxygen atoms in total. The fraction of sp³-hybridized carbons (Fsp3) is 0.105. The number of hydrogen-bond donors (Lipinski definition) is 1. The van der Waals surface area contributed by atoms with Crippen molar-refractivity contribution < 1.29 is 0 Å². The predicted molar refractivity (Wildman–Crippen MR) is 98.7 cm³/mol. The summed E-state index contributed by atoms with van der Waals surface area (Å²) >= 11 is 0. The number of nitrogens with zero attached hydrogens (tertiary/aromatic N) is 4. The van der Waals surface area contributed by atoms with Crippen LogP contribution >= 0.6 is 0 Å². The summed E-state index contributed by atoms with van der Waals surface area (Å²) in [6.45, 7) is 13.1. The van der Waals surface area contributed by atoms with Crippen molar-refractivity contribution >= 4 is 33.5 Å². The van der Waals surface area contributed by atoms with Gasteiger partial charge in [-0.15, -0.1) is 0 Å². The summed E-state index contributed by atoms with van der Waals surface area (Å²) in [4.78, 5) is 24.0. The van der Waals surface area contributed by atoms with Crippen molar-refractivity contribution in [1.82, 2.24) is 19.1 Å². The minimum Gasteiger partial charge on any atom is -0.341 e. The average molecular weight is 329 g/mol. The summed E-state index contributed by atoms with van der Waals surface area (Å²) in [6, 6.07) is 12.9. The number of hydrogen-bond acceptors (Lipinski definition) is 2. The molecule has 0 fully saturated rings. The Morgan fingerprint density at radius 3 is 2.76 bits per heavy atom. The Kier molecular flexibility index (Phi) is 3.29. The van der Waals surface area contributed by atoms with Gasteiger partial charge in [0.15, 0.2) is 5.69 Å². The summed E-state index contributed by atoms with van der Waals surface area (Å²) < 4.78 is 3.28. The number of aromatic nitrogens is 4. The van der Waals surface area contributed by atoms with E-state index in [-0.39, 0.29) is 5.69 Å². The van der Waals surface area contributed by atoms with Crippen LogP contribution in [0.1, 0.15) is 12.7 Å². The van der Waals surface area contributed by atoms with Crippen LogP contribution in [0.25, 0.3) is 32.6 Å². The monoisotopic (exact) mass is 329 g/mol. The van der Waals surface area contributed by atoms with Gasteiger partial charge in [-0.25, -0.2) is 14.6 Å². The van der Waals surface area contributed by atoms with Crippen LogP contribution in [-0.2, 0) is 6.54 Å². The third kappa shape index (κ3) is 2.34. The number of fused-ring (bicyclic) bond motifs is 2. The molecule has 0 saturated carbocycles. The molecule has 2 aromatic carbocycles. The molecule has 0 atom stereocenters. The highest BCUT2D eigenvalue weighted by atomic mass is 16.1. The molecule has 2 heterocycles. The van der Waals surface area contributed by atoms with E-state index in [9.17, 15) is 4.79 Å². The summed E-state index contributed by atoms with van der Waals surface area (Å²) in [7, 11) is 0. The van der Waals surface area contributed by atoms with E-state index in [0.717, 1.165) is 22.1 Å². The molecule has 4 rings (SSSR count). The molecule has 0 bridgehead atoms. The smallest absolute Gasteiger partial charge is 0.333 e. The molecule has 0 spiro atoms. The molecule has 4 aromatic rings. The molecule has 0 aliphatic carbocycles.